The van der Waals surface area contributed by atoms with Gasteiger partial charge in [-0.15, -0.1) is 0 Å². The number of nitrogens with zero attached hydrogens (tertiary/aromatic N) is 4. The third-order valence-electron chi connectivity index (χ3n) is 25.0. The maximum atomic E-state index is 2.59. The Kier molecular flexibility index (Phi) is 14.1. The summed E-state index contributed by atoms with van der Waals surface area (Å²) in [6.07, 6.45) is 3.55. The van der Waals surface area contributed by atoms with Crippen LogP contribution in [0.1, 0.15) is 93.8 Å². The number of anilines is 6. The topological polar surface area (TPSA) is 16.3 Å². The van der Waals surface area contributed by atoms with Crippen molar-refractivity contribution in [3.8, 4) is 55.9 Å². The highest BCUT2D eigenvalue weighted by Gasteiger charge is 2.42. The average Bonchev–Trinajstić information content (AvgIpc) is 1.59. The summed E-state index contributed by atoms with van der Waals surface area (Å²) in [4.78, 5) is 4.97. The standard InChI is InChI=1S/C104H80N4/c1-65-57-88-83-52-47-75(105(74-46-50-81-79-32-19-22-36-91(79)102(2,3)93(81)61-74)73-44-39-66(40-45-73)67-42-54-99-89(58-67)85-35-21-24-38-97(85)107(99)71-27-13-9-14-28-71)62-95(83)104(6,7)96(88)64-87(65)69-41-49-86-90-59-68(43-55-100(90)108(101(86)60-69)72-29-15-10-16-30-72)77-53-56-98(84-34-18-17-31-78(77)84)106(70-25-11-8-12-26-70)76-48-51-82-80-33-20-23-37-92(80)103(4,5)94(82)63-76/h8-56,58-65H,57H2,1-7H3. The molecule has 15 aromatic carbocycles. The van der Waals surface area contributed by atoms with Crippen molar-refractivity contribution in [2.75, 3.05) is 9.80 Å². The Labute approximate surface area is 631 Å². The normalized spacial score (nSPS) is 15.5. The second-order valence-corrected chi connectivity index (χ2v) is 32.0. The smallest absolute Gasteiger partial charge is 0.0547 e. The molecule has 0 amide bonds. The molecule has 0 aliphatic heterocycles. The van der Waals surface area contributed by atoms with E-state index in [1.54, 1.807) is 0 Å². The van der Waals surface area contributed by atoms with Crippen molar-refractivity contribution >= 4 is 99.7 Å². The Morgan fingerprint density at radius 3 is 1.34 bits per heavy atom. The Morgan fingerprint density at radius 1 is 0.278 bits per heavy atom. The molecule has 0 saturated heterocycles. The summed E-state index contributed by atoms with van der Waals surface area (Å²) in [7, 11) is 0. The largest absolute Gasteiger partial charge is 0.310 e. The van der Waals surface area contributed by atoms with Crippen LogP contribution in [0.3, 0.4) is 0 Å². The van der Waals surface area contributed by atoms with Crippen LogP contribution in [0.5, 0.6) is 0 Å². The van der Waals surface area contributed by atoms with Crippen LogP contribution < -0.4 is 9.80 Å². The molecule has 2 aromatic heterocycles. The molecule has 4 nitrogen and oxygen atoms in total. The van der Waals surface area contributed by atoms with Crippen molar-refractivity contribution < 1.29 is 0 Å². The minimum absolute atomic E-state index is 0.132. The fourth-order valence-electron chi connectivity index (χ4n) is 19.6. The average molecular weight is 1390 g/mol. The van der Waals surface area contributed by atoms with E-state index in [0.717, 1.165) is 51.9 Å². The number of para-hydroxylation sites is 4. The third-order valence-corrected chi connectivity index (χ3v) is 25.0. The van der Waals surface area contributed by atoms with E-state index >= 15 is 0 Å². The van der Waals surface area contributed by atoms with Gasteiger partial charge in [-0.05, 0) is 245 Å². The lowest BCUT2D eigenvalue weighted by molar-refractivity contribution is 0.646. The Bertz CT molecular complexity index is 6670. The fourth-order valence-corrected chi connectivity index (χ4v) is 19.6. The summed E-state index contributed by atoms with van der Waals surface area (Å²) in [6.45, 7) is 16.9. The molecule has 0 spiro atoms. The molecule has 108 heavy (non-hydrogen) atoms. The van der Waals surface area contributed by atoms with Crippen molar-refractivity contribution in [2.24, 2.45) is 5.92 Å². The number of allylic oxidation sites excluding steroid dienone is 4. The Morgan fingerprint density at radius 2 is 0.713 bits per heavy atom. The molecule has 0 bridgehead atoms. The SMILES string of the molecule is CC1CC2=C(C=C1c1ccc3c4cc(-c5ccc(N(c6ccccc6)c6ccc7c(c6)C(C)(C)c6ccccc6-7)c6ccccc56)ccc4n(-c4ccccc4)c3c1)C(C)(C)c1cc(N(c3ccc(-c4ccc5c(c4)c4ccccc4n5-c4ccccc4)cc3)c3ccc4c(c3)C(C)(C)c3ccccc3-4)ccc12. The van der Waals surface area contributed by atoms with Gasteiger partial charge in [0.2, 0.25) is 0 Å². The van der Waals surface area contributed by atoms with E-state index in [0.29, 0.717) is 0 Å². The van der Waals surface area contributed by atoms with E-state index < -0.39 is 0 Å². The lowest BCUT2D eigenvalue weighted by Gasteiger charge is -2.30. The van der Waals surface area contributed by atoms with E-state index in [2.05, 4.69) is 407 Å². The van der Waals surface area contributed by atoms with E-state index in [9.17, 15) is 0 Å². The van der Waals surface area contributed by atoms with Crippen LogP contribution in [0.2, 0.25) is 0 Å². The van der Waals surface area contributed by atoms with Gasteiger partial charge in [-0.1, -0.05) is 261 Å². The van der Waals surface area contributed by atoms with Gasteiger partial charge in [-0.25, -0.2) is 0 Å². The first-order valence-corrected chi connectivity index (χ1v) is 38.3. The van der Waals surface area contributed by atoms with Crippen molar-refractivity contribution in [1.82, 2.24) is 9.13 Å². The summed E-state index contributed by atoms with van der Waals surface area (Å²) in [5, 5.41) is 7.39. The first-order valence-electron chi connectivity index (χ1n) is 38.3. The summed E-state index contributed by atoms with van der Waals surface area (Å²) in [5.74, 6) is 0.279. The first kappa shape index (κ1) is 63.7. The lowest BCUT2D eigenvalue weighted by Crippen LogP contribution is -2.19. The summed E-state index contributed by atoms with van der Waals surface area (Å²) in [5.41, 5.74) is 37.2. The van der Waals surface area contributed by atoms with E-state index in [1.807, 2.05) is 0 Å². The van der Waals surface area contributed by atoms with Crippen molar-refractivity contribution in [3.63, 3.8) is 0 Å². The predicted molar refractivity (Wildman–Crippen MR) is 456 cm³/mol. The molecular formula is C104H80N4. The van der Waals surface area contributed by atoms with Gasteiger partial charge < -0.3 is 18.9 Å². The van der Waals surface area contributed by atoms with Crippen LogP contribution in [-0.2, 0) is 16.2 Å². The zero-order valence-corrected chi connectivity index (χ0v) is 61.9. The third kappa shape index (κ3) is 9.55. The molecule has 4 aliphatic rings. The molecule has 4 aliphatic carbocycles. The van der Waals surface area contributed by atoms with Gasteiger partial charge in [0.1, 0.15) is 0 Å². The van der Waals surface area contributed by atoms with Crippen LogP contribution in [0, 0.1) is 5.92 Å². The molecule has 0 radical (unpaired) electrons. The molecule has 0 saturated carbocycles. The van der Waals surface area contributed by atoms with Gasteiger partial charge in [-0.3, -0.25) is 0 Å². The number of fused-ring (bicyclic) bond motifs is 15. The Hall–Kier alpha value is -12.8. The van der Waals surface area contributed by atoms with Gasteiger partial charge in [0.15, 0.2) is 0 Å². The molecule has 516 valence electrons. The second kappa shape index (κ2) is 23.9. The van der Waals surface area contributed by atoms with Crippen LogP contribution in [0.15, 0.2) is 345 Å². The molecule has 17 aromatic rings. The van der Waals surface area contributed by atoms with Gasteiger partial charge >= 0.3 is 0 Å². The van der Waals surface area contributed by atoms with Crippen molar-refractivity contribution in [3.05, 3.63) is 384 Å². The monoisotopic (exact) mass is 1380 g/mol. The van der Waals surface area contributed by atoms with E-state index in [1.165, 1.54) is 155 Å². The van der Waals surface area contributed by atoms with Crippen LogP contribution in [0.25, 0.3) is 121 Å². The lowest BCUT2D eigenvalue weighted by atomic mass is 9.75. The zero-order chi connectivity index (χ0) is 72.5. The first-order chi connectivity index (χ1) is 52.7. The minimum Gasteiger partial charge on any atom is -0.310 e. The zero-order valence-electron chi connectivity index (χ0n) is 61.9. The highest BCUT2D eigenvalue weighted by Crippen LogP contribution is 2.58. The molecule has 0 N–H and O–H groups in total. The molecule has 4 heteroatoms. The quantitative estimate of drug-likeness (QED) is 0.128. The number of hydrogen-bond donors (Lipinski definition) is 0. The van der Waals surface area contributed by atoms with E-state index in [-0.39, 0.29) is 22.2 Å². The molecule has 2 heterocycles. The molecule has 1 atom stereocenters. The molecule has 1 unspecified atom stereocenters. The number of hydrogen-bond acceptors (Lipinski definition) is 2. The highest BCUT2D eigenvalue weighted by atomic mass is 15.1. The van der Waals surface area contributed by atoms with Crippen molar-refractivity contribution in [1.29, 1.82) is 0 Å². The summed E-state index contributed by atoms with van der Waals surface area (Å²) >= 11 is 0. The minimum atomic E-state index is -0.279. The molecular weight excluding hydrogens is 1310 g/mol. The van der Waals surface area contributed by atoms with Gasteiger partial charge in [0.25, 0.3) is 0 Å². The maximum Gasteiger partial charge on any atom is 0.0547 e. The summed E-state index contributed by atoms with van der Waals surface area (Å²) in [6, 6.07) is 125. The highest BCUT2D eigenvalue weighted by molar-refractivity contribution is 6.14. The Balaban J connectivity index is 0.640. The maximum absolute atomic E-state index is 2.59. The number of aromatic nitrogens is 2. The fraction of sp³-hybridized carbons (Fsp3) is 0.115. The van der Waals surface area contributed by atoms with Crippen LogP contribution in [-0.4, -0.2) is 9.13 Å². The number of benzene rings is 15. The molecule has 0 fully saturated rings. The van der Waals surface area contributed by atoms with Crippen LogP contribution in [0.4, 0.5) is 34.1 Å². The summed E-state index contributed by atoms with van der Waals surface area (Å²) < 4.78 is 4.89. The van der Waals surface area contributed by atoms with Gasteiger partial charge in [-0.2, -0.15) is 0 Å². The molecule has 21 rings (SSSR count). The van der Waals surface area contributed by atoms with Crippen molar-refractivity contribution in [2.45, 2.75) is 71.1 Å². The van der Waals surface area contributed by atoms with Crippen LogP contribution >= 0.6 is 0 Å². The number of rotatable bonds is 11. The predicted octanol–water partition coefficient (Wildman–Crippen LogP) is 28.1. The van der Waals surface area contributed by atoms with Gasteiger partial charge in [0.05, 0.1) is 27.8 Å². The van der Waals surface area contributed by atoms with E-state index in [4.69, 9.17) is 0 Å². The van der Waals surface area contributed by atoms with Gasteiger partial charge in [0, 0.05) is 83.0 Å². The second-order valence-electron chi connectivity index (χ2n) is 32.0.